The van der Waals surface area contributed by atoms with Crippen molar-refractivity contribution in [2.45, 2.75) is 19.3 Å². The third-order valence-corrected chi connectivity index (χ3v) is 2.10. The van der Waals surface area contributed by atoms with Crippen LogP contribution in [0.5, 0.6) is 0 Å². The van der Waals surface area contributed by atoms with Crippen LogP contribution in [0, 0.1) is 5.92 Å². The minimum Gasteiger partial charge on any atom is -0.469 e. The number of carbonyl (C=O) groups is 3. The van der Waals surface area contributed by atoms with Crippen molar-refractivity contribution in [3.05, 3.63) is 0 Å². The van der Waals surface area contributed by atoms with Gasteiger partial charge in [-0.05, 0) is 6.42 Å². The van der Waals surface area contributed by atoms with Crippen LogP contribution in [0.1, 0.15) is 19.3 Å². The van der Waals surface area contributed by atoms with Gasteiger partial charge in [0, 0.05) is 6.42 Å². The zero-order valence-electron chi connectivity index (χ0n) is 9.65. The molecule has 0 N–H and O–H groups in total. The SMILES string of the molecule is COC(=O)CC[C@H](CC(=O)OC)C(=O)OC. The van der Waals surface area contributed by atoms with E-state index >= 15 is 0 Å². The van der Waals surface area contributed by atoms with E-state index < -0.39 is 23.8 Å². The summed E-state index contributed by atoms with van der Waals surface area (Å²) in [6.45, 7) is 0. The summed E-state index contributed by atoms with van der Waals surface area (Å²) in [5, 5.41) is 0. The van der Waals surface area contributed by atoms with Gasteiger partial charge in [0.05, 0.1) is 33.7 Å². The van der Waals surface area contributed by atoms with E-state index in [4.69, 9.17) is 0 Å². The third-order valence-electron chi connectivity index (χ3n) is 2.10. The van der Waals surface area contributed by atoms with Crippen LogP contribution in [-0.2, 0) is 28.6 Å². The highest BCUT2D eigenvalue weighted by molar-refractivity contribution is 5.80. The maximum Gasteiger partial charge on any atom is 0.309 e. The molecule has 0 aromatic rings. The summed E-state index contributed by atoms with van der Waals surface area (Å²) in [6, 6.07) is 0. The number of esters is 3. The average molecular weight is 232 g/mol. The summed E-state index contributed by atoms with van der Waals surface area (Å²) < 4.78 is 13.4. The van der Waals surface area contributed by atoms with Gasteiger partial charge in [-0.15, -0.1) is 0 Å². The summed E-state index contributed by atoms with van der Waals surface area (Å²) in [4.78, 5) is 33.2. The van der Waals surface area contributed by atoms with Gasteiger partial charge in [0.1, 0.15) is 0 Å². The molecule has 0 heterocycles. The summed E-state index contributed by atoms with van der Waals surface area (Å²) >= 11 is 0. The molecule has 92 valence electrons. The van der Waals surface area contributed by atoms with Gasteiger partial charge in [0.25, 0.3) is 0 Å². The van der Waals surface area contributed by atoms with Gasteiger partial charge < -0.3 is 14.2 Å². The standard InChI is InChI=1S/C10H16O6/c1-14-8(11)5-4-7(10(13)16-3)6-9(12)15-2/h7H,4-6H2,1-3H3/t7-/m1/s1. The van der Waals surface area contributed by atoms with Crippen molar-refractivity contribution in [3.63, 3.8) is 0 Å². The van der Waals surface area contributed by atoms with Crippen LogP contribution in [0.3, 0.4) is 0 Å². The van der Waals surface area contributed by atoms with Gasteiger partial charge >= 0.3 is 17.9 Å². The fraction of sp³-hybridized carbons (Fsp3) is 0.700. The fourth-order valence-corrected chi connectivity index (χ4v) is 1.15. The van der Waals surface area contributed by atoms with E-state index in [1.165, 1.54) is 21.3 Å². The Balaban J connectivity index is 4.26. The van der Waals surface area contributed by atoms with Crippen molar-refractivity contribution in [2.24, 2.45) is 5.92 Å². The first kappa shape index (κ1) is 14.4. The van der Waals surface area contributed by atoms with Gasteiger partial charge in [-0.2, -0.15) is 0 Å². The van der Waals surface area contributed by atoms with Gasteiger partial charge in [-0.3, -0.25) is 14.4 Å². The zero-order chi connectivity index (χ0) is 12.6. The highest BCUT2D eigenvalue weighted by Crippen LogP contribution is 2.14. The Morgan fingerprint density at radius 3 is 1.94 bits per heavy atom. The van der Waals surface area contributed by atoms with E-state index in [-0.39, 0.29) is 19.3 Å². The molecule has 0 saturated carbocycles. The van der Waals surface area contributed by atoms with Crippen LogP contribution in [0.15, 0.2) is 0 Å². The molecule has 0 radical (unpaired) electrons. The van der Waals surface area contributed by atoms with Gasteiger partial charge in [-0.1, -0.05) is 0 Å². The Morgan fingerprint density at radius 1 is 0.938 bits per heavy atom. The highest BCUT2D eigenvalue weighted by atomic mass is 16.5. The topological polar surface area (TPSA) is 78.9 Å². The third kappa shape index (κ3) is 5.33. The second kappa shape index (κ2) is 7.67. The van der Waals surface area contributed by atoms with Crippen molar-refractivity contribution in [1.82, 2.24) is 0 Å². The fourth-order valence-electron chi connectivity index (χ4n) is 1.15. The number of rotatable bonds is 6. The molecule has 0 bridgehead atoms. The molecule has 16 heavy (non-hydrogen) atoms. The smallest absolute Gasteiger partial charge is 0.309 e. The molecule has 0 rings (SSSR count). The largest absolute Gasteiger partial charge is 0.469 e. The molecule has 0 saturated heterocycles. The molecule has 0 aromatic heterocycles. The Kier molecular flexibility index (Phi) is 6.91. The first-order chi connectivity index (χ1) is 7.54. The summed E-state index contributed by atoms with van der Waals surface area (Å²) in [5.41, 5.74) is 0. The van der Waals surface area contributed by atoms with Crippen molar-refractivity contribution in [1.29, 1.82) is 0 Å². The lowest BCUT2D eigenvalue weighted by atomic mass is 10.00. The van der Waals surface area contributed by atoms with Crippen molar-refractivity contribution in [3.8, 4) is 0 Å². The zero-order valence-corrected chi connectivity index (χ0v) is 9.65. The van der Waals surface area contributed by atoms with E-state index in [0.717, 1.165) is 0 Å². The van der Waals surface area contributed by atoms with E-state index in [9.17, 15) is 14.4 Å². The molecule has 0 fully saturated rings. The van der Waals surface area contributed by atoms with Crippen molar-refractivity contribution >= 4 is 17.9 Å². The number of methoxy groups -OCH3 is 3. The molecule has 6 nitrogen and oxygen atoms in total. The van der Waals surface area contributed by atoms with E-state index in [1.807, 2.05) is 0 Å². The molecule has 0 amide bonds. The quantitative estimate of drug-likeness (QED) is 0.484. The molecule has 0 spiro atoms. The van der Waals surface area contributed by atoms with Crippen LogP contribution in [-0.4, -0.2) is 39.2 Å². The molecular formula is C10H16O6. The van der Waals surface area contributed by atoms with Crippen LogP contribution in [0.4, 0.5) is 0 Å². The van der Waals surface area contributed by atoms with E-state index in [0.29, 0.717) is 0 Å². The van der Waals surface area contributed by atoms with Crippen molar-refractivity contribution < 1.29 is 28.6 Å². The molecule has 0 unspecified atom stereocenters. The monoisotopic (exact) mass is 232 g/mol. The minimum absolute atomic E-state index is 0.0628. The Bertz CT molecular complexity index is 260. The molecular weight excluding hydrogens is 216 g/mol. The molecule has 6 heteroatoms. The normalized spacial score (nSPS) is 11.4. The van der Waals surface area contributed by atoms with Crippen LogP contribution in [0.2, 0.25) is 0 Å². The first-order valence-electron chi connectivity index (χ1n) is 4.76. The Morgan fingerprint density at radius 2 is 1.50 bits per heavy atom. The van der Waals surface area contributed by atoms with Gasteiger partial charge in [0.15, 0.2) is 0 Å². The first-order valence-corrected chi connectivity index (χ1v) is 4.76. The van der Waals surface area contributed by atoms with Gasteiger partial charge in [-0.25, -0.2) is 0 Å². The molecule has 0 aromatic carbocycles. The molecule has 0 aliphatic rings. The number of hydrogen-bond donors (Lipinski definition) is 0. The van der Waals surface area contributed by atoms with Gasteiger partial charge in [0.2, 0.25) is 0 Å². The number of hydrogen-bond acceptors (Lipinski definition) is 6. The maximum absolute atomic E-state index is 11.3. The lowest BCUT2D eigenvalue weighted by Gasteiger charge is -2.12. The lowest BCUT2D eigenvalue weighted by Crippen LogP contribution is -2.21. The predicted molar refractivity (Wildman–Crippen MR) is 53.4 cm³/mol. The number of ether oxygens (including phenoxy) is 3. The maximum atomic E-state index is 11.3. The highest BCUT2D eigenvalue weighted by Gasteiger charge is 2.24. The average Bonchev–Trinajstić information content (AvgIpc) is 2.32. The molecule has 1 atom stereocenters. The number of carbonyl (C=O) groups excluding carboxylic acids is 3. The lowest BCUT2D eigenvalue weighted by molar-refractivity contribution is -0.153. The van der Waals surface area contributed by atoms with Crippen LogP contribution in [0.25, 0.3) is 0 Å². The summed E-state index contributed by atoms with van der Waals surface area (Å²) in [5.74, 6) is -2.15. The summed E-state index contributed by atoms with van der Waals surface area (Å²) in [7, 11) is 3.72. The van der Waals surface area contributed by atoms with E-state index in [1.54, 1.807) is 0 Å². The van der Waals surface area contributed by atoms with Crippen molar-refractivity contribution in [2.75, 3.05) is 21.3 Å². The second-order valence-electron chi connectivity index (χ2n) is 3.12. The molecule has 0 aliphatic heterocycles. The van der Waals surface area contributed by atoms with E-state index in [2.05, 4.69) is 14.2 Å². The van der Waals surface area contributed by atoms with Crippen LogP contribution < -0.4 is 0 Å². The predicted octanol–water partition coefficient (Wildman–Crippen LogP) is 0.292. The molecule has 0 aliphatic carbocycles. The Labute approximate surface area is 93.8 Å². The second-order valence-corrected chi connectivity index (χ2v) is 3.12. The Hall–Kier alpha value is -1.59. The van der Waals surface area contributed by atoms with Crippen LogP contribution >= 0.6 is 0 Å². The summed E-state index contributed by atoms with van der Waals surface area (Å²) in [6.07, 6.45) is 0.169. The minimum atomic E-state index is -0.670.